The molecule has 0 radical (unpaired) electrons. The van der Waals surface area contributed by atoms with Crippen molar-refractivity contribution in [1.82, 2.24) is 10.2 Å². The molecule has 1 aromatic carbocycles. The highest BCUT2D eigenvalue weighted by atomic mass is 79.9. The van der Waals surface area contributed by atoms with E-state index < -0.39 is 0 Å². The van der Waals surface area contributed by atoms with Gasteiger partial charge in [0.25, 0.3) is 0 Å². The zero-order valence-electron chi connectivity index (χ0n) is 10.4. The van der Waals surface area contributed by atoms with Crippen LogP contribution in [0.1, 0.15) is 18.5 Å². The van der Waals surface area contributed by atoms with Crippen LogP contribution in [0.4, 0.5) is 0 Å². The third-order valence-corrected chi connectivity index (χ3v) is 3.64. The smallest absolute Gasteiger partial charge is 0.234 e. The van der Waals surface area contributed by atoms with Crippen molar-refractivity contribution in [2.24, 2.45) is 5.73 Å². The Kier molecular flexibility index (Phi) is 4.37. The number of carbonyl (C=O) groups is 1. The number of benzene rings is 1. The summed E-state index contributed by atoms with van der Waals surface area (Å²) in [6.45, 7) is 3.93. The zero-order chi connectivity index (χ0) is 13.1. The predicted molar refractivity (Wildman–Crippen MR) is 75.1 cm³/mol. The maximum Gasteiger partial charge on any atom is 0.234 e. The van der Waals surface area contributed by atoms with Crippen molar-refractivity contribution in [1.29, 1.82) is 0 Å². The van der Waals surface area contributed by atoms with Gasteiger partial charge in [0, 0.05) is 23.6 Å². The summed E-state index contributed by atoms with van der Waals surface area (Å²) in [4.78, 5) is 13.6. The van der Waals surface area contributed by atoms with Crippen molar-refractivity contribution in [2.45, 2.75) is 19.0 Å². The van der Waals surface area contributed by atoms with Gasteiger partial charge in [-0.15, -0.1) is 0 Å². The summed E-state index contributed by atoms with van der Waals surface area (Å²) in [7, 11) is 0. The Bertz CT molecular complexity index is 436. The molecule has 1 saturated heterocycles. The maximum absolute atomic E-state index is 11.5. The highest BCUT2D eigenvalue weighted by molar-refractivity contribution is 9.10. The summed E-state index contributed by atoms with van der Waals surface area (Å²) in [6, 6.07) is 8.17. The van der Waals surface area contributed by atoms with E-state index in [4.69, 9.17) is 5.73 Å². The molecule has 1 aliphatic rings. The van der Waals surface area contributed by atoms with E-state index in [1.165, 1.54) is 0 Å². The van der Waals surface area contributed by atoms with Crippen LogP contribution in [0, 0.1) is 0 Å². The molecule has 0 saturated carbocycles. The number of nitrogens with two attached hydrogens (primary N) is 1. The van der Waals surface area contributed by atoms with Crippen LogP contribution >= 0.6 is 15.9 Å². The van der Waals surface area contributed by atoms with E-state index in [9.17, 15) is 4.79 Å². The first kappa shape index (κ1) is 13.5. The standard InChI is InChI=1S/C13H18BrN3O/c1-9(15)13(10-3-2-4-11(14)7-10)17-6-5-16-12(18)8-17/h2-4,7,9,13H,5-6,8,15H2,1H3,(H,16,18). The molecule has 1 heterocycles. The quantitative estimate of drug-likeness (QED) is 0.884. The minimum atomic E-state index is -0.0230. The second-order valence-corrected chi connectivity index (χ2v) is 5.60. The van der Waals surface area contributed by atoms with E-state index in [1.807, 2.05) is 19.1 Å². The van der Waals surface area contributed by atoms with Gasteiger partial charge in [0.15, 0.2) is 0 Å². The third-order valence-electron chi connectivity index (χ3n) is 3.15. The predicted octanol–water partition coefficient (Wildman–Crippen LogP) is 1.27. The van der Waals surface area contributed by atoms with Gasteiger partial charge in [-0.3, -0.25) is 9.69 Å². The molecule has 3 N–H and O–H groups in total. The molecule has 0 aromatic heterocycles. The zero-order valence-corrected chi connectivity index (χ0v) is 12.0. The summed E-state index contributed by atoms with van der Waals surface area (Å²) in [5.41, 5.74) is 7.25. The van der Waals surface area contributed by atoms with Gasteiger partial charge in [-0.05, 0) is 24.6 Å². The lowest BCUT2D eigenvalue weighted by Crippen LogP contribution is -2.52. The fourth-order valence-corrected chi connectivity index (χ4v) is 2.85. The second kappa shape index (κ2) is 5.82. The van der Waals surface area contributed by atoms with Crippen molar-refractivity contribution < 1.29 is 4.79 Å². The van der Waals surface area contributed by atoms with E-state index in [0.717, 1.165) is 16.6 Å². The van der Waals surface area contributed by atoms with Gasteiger partial charge in [0.2, 0.25) is 5.91 Å². The van der Waals surface area contributed by atoms with Gasteiger partial charge in [-0.1, -0.05) is 28.1 Å². The van der Waals surface area contributed by atoms with Crippen molar-refractivity contribution >= 4 is 21.8 Å². The molecule has 2 rings (SSSR count). The number of nitrogens with one attached hydrogen (secondary N) is 1. The monoisotopic (exact) mass is 311 g/mol. The first-order valence-electron chi connectivity index (χ1n) is 6.09. The molecule has 1 fully saturated rings. The Labute approximate surface area is 116 Å². The summed E-state index contributed by atoms with van der Waals surface area (Å²) in [6.07, 6.45) is 0. The Morgan fingerprint density at radius 2 is 2.28 bits per heavy atom. The SMILES string of the molecule is CC(N)C(c1cccc(Br)c1)N1CCNC(=O)C1. The van der Waals surface area contributed by atoms with Gasteiger partial charge in [0.05, 0.1) is 12.6 Å². The van der Waals surface area contributed by atoms with Gasteiger partial charge in [-0.2, -0.15) is 0 Å². The number of amides is 1. The molecule has 2 unspecified atom stereocenters. The summed E-state index contributed by atoms with van der Waals surface area (Å²) in [5.74, 6) is 0.0712. The number of carbonyl (C=O) groups excluding carboxylic acids is 1. The van der Waals surface area contributed by atoms with Crippen molar-refractivity contribution in [3.63, 3.8) is 0 Å². The number of rotatable bonds is 3. The lowest BCUT2D eigenvalue weighted by molar-refractivity contribution is -0.125. The molecule has 1 aliphatic heterocycles. The van der Waals surface area contributed by atoms with Crippen molar-refractivity contribution in [3.8, 4) is 0 Å². The van der Waals surface area contributed by atoms with Crippen LogP contribution in [-0.2, 0) is 4.79 Å². The third kappa shape index (κ3) is 3.10. The molecular weight excluding hydrogens is 294 g/mol. The number of piperazine rings is 1. The topological polar surface area (TPSA) is 58.4 Å². The largest absolute Gasteiger partial charge is 0.354 e. The Morgan fingerprint density at radius 3 is 2.89 bits per heavy atom. The van der Waals surface area contributed by atoms with Crippen LogP contribution in [0.3, 0.4) is 0 Å². The molecular formula is C13H18BrN3O. The Hall–Kier alpha value is -0.910. The van der Waals surface area contributed by atoms with Crippen LogP contribution in [0.15, 0.2) is 28.7 Å². The van der Waals surface area contributed by atoms with Crippen molar-refractivity contribution in [2.75, 3.05) is 19.6 Å². The number of nitrogens with zero attached hydrogens (tertiary/aromatic N) is 1. The highest BCUT2D eigenvalue weighted by Crippen LogP contribution is 2.26. The summed E-state index contributed by atoms with van der Waals surface area (Å²) >= 11 is 3.48. The minimum absolute atomic E-state index is 0.0230. The molecule has 1 aromatic rings. The molecule has 1 amide bonds. The molecule has 98 valence electrons. The molecule has 18 heavy (non-hydrogen) atoms. The molecule has 4 nitrogen and oxygen atoms in total. The average molecular weight is 312 g/mol. The van der Waals surface area contributed by atoms with E-state index >= 15 is 0 Å². The fraction of sp³-hybridized carbons (Fsp3) is 0.462. The minimum Gasteiger partial charge on any atom is -0.354 e. The highest BCUT2D eigenvalue weighted by Gasteiger charge is 2.28. The molecule has 0 aliphatic carbocycles. The van der Waals surface area contributed by atoms with Gasteiger partial charge in [-0.25, -0.2) is 0 Å². The van der Waals surface area contributed by atoms with E-state index in [-0.39, 0.29) is 18.0 Å². The van der Waals surface area contributed by atoms with Crippen molar-refractivity contribution in [3.05, 3.63) is 34.3 Å². The number of hydrogen-bond donors (Lipinski definition) is 2. The molecule has 0 bridgehead atoms. The molecule has 2 atom stereocenters. The average Bonchev–Trinajstić information content (AvgIpc) is 2.28. The van der Waals surface area contributed by atoms with Crippen LogP contribution in [0.5, 0.6) is 0 Å². The van der Waals surface area contributed by atoms with Crippen LogP contribution in [0.2, 0.25) is 0 Å². The van der Waals surface area contributed by atoms with Crippen LogP contribution in [0.25, 0.3) is 0 Å². The first-order valence-corrected chi connectivity index (χ1v) is 6.89. The Morgan fingerprint density at radius 1 is 1.50 bits per heavy atom. The van der Waals surface area contributed by atoms with Gasteiger partial charge in [0.1, 0.15) is 0 Å². The maximum atomic E-state index is 11.5. The van der Waals surface area contributed by atoms with Gasteiger partial charge < -0.3 is 11.1 Å². The lowest BCUT2D eigenvalue weighted by atomic mass is 9.98. The number of hydrogen-bond acceptors (Lipinski definition) is 3. The Balaban J connectivity index is 2.25. The summed E-state index contributed by atoms with van der Waals surface area (Å²) < 4.78 is 1.03. The van der Waals surface area contributed by atoms with E-state index in [1.54, 1.807) is 0 Å². The summed E-state index contributed by atoms with van der Waals surface area (Å²) in [5, 5.41) is 2.84. The molecule has 5 heteroatoms. The first-order chi connectivity index (χ1) is 8.58. The van der Waals surface area contributed by atoms with Crippen LogP contribution in [-0.4, -0.2) is 36.5 Å². The number of halogens is 1. The second-order valence-electron chi connectivity index (χ2n) is 4.68. The lowest BCUT2D eigenvalue weighted by Gasteiger charge is -2.36. The normalized spacial score (nSPS) is 20.3. The molecule has 0 spiro atoms. The van der Waals surface area contributed by atoms with E-state index in [2.05, 4.69) is 38.3 Å². The fourth-order valence-electron chi connectivity index (χ4n) is 2.43. The van der Waals surface area contributed by atoms with Gasteiger partial charge >= 0.3 is 0 Å². The van der Waals surface area contributed by atoms with Crippen LogP contribution < -0.4 is 11.1 Å². The van der Waals surface area contributed by atoms with E-state index in [0.29, 0.717) is 13.1 Å².